The van der Waals surface area contributed by atoms with Crippen LogP contribution in [0.25, 0.3) is 0 Å². The zero-order valence-corrected chi connectivity index (χ0v) is 13.5. The first-order chi connectivity index (χ1) is 11.2. The van der Waals surface area contributed by atoms with Gasteiger partial charge in [-0.15, -0.1) is 0 Å². The van der Waals surface area contributed by atoms with Crippen molar-refractivity contribution >= 4 is 23.3 Å². The van der Waals surface area contributed by atoms with Crippen molar-refractivity contribution in [1.82, 2.24) is 4.98 Å². The molecule has 23 heavy (non-hydrogen) atoms. The molecule has 0 aliphatic heterocycles. The number of anilines is 1. The molecule has 1 aromatic heterocycles. The van der Waals surface area contributed by atoms with Crippen molar-refractivity contribution in [3.05, 3.63) is 58.7 Å². The number of pyridine rings is 1. The third-order valence-electron chi connectivity index (χ3n) is 3.47. The molecular formula is C18H18ClN3O. The molecule has 2 rings (SSSR count). The van der Waals surface area contributed by atoms with Gasteiger partial charge in [-0.25, -0.2) is 4.98 Å². The number of hydrogen-bond acceptors (Lipinski definition) is 3. The maximum atomic E-state index is 11.9. The standard InChI is InChI=1S/C18H18ClN3O/c19-16-10-8-14(9-11-16)5-2-1-3-7-17(23)22-18-15(13-20)6-4-12-21-18/h4,6,8-12H,1-3,5,7H2,(H,21,22,23). The second-order valence-corrected chi connectivity index (χ2v) is 5.68. The summed E-state index contributed by atoms with van der Waals surface area (Å²) in [6.45, 7) is 0. The van der Waals surface area contributed by atoms with Crippen LogP contribution in [0.3, 0.4) is 0 Å². The first kappa shape index (κ1) is 17.0. The van der Waals surface area contributed by atoms with Crippen molar-refractivity contribution in [2.45, 2.75) is 32.1 Å². The second-order valence-electron chi connectivity index (χ2n) is 5.25. The number of carbonyl (C=O) groups excluding carboxylic acids is 1. The van der Waals surface area contributed by atoms with Crippen molar-refractivity contribution < 1.29 is 4.79 Å². The van der Waals surface area contributed by atoms with Gasteiger partial charge in [0.2, 0.25) is 5.91 Å². The molecule has 5 heteroatoms. The summed E-state index contributed by atoms with van der Waals surface area (Å²) in [4.78, 5) is 15.9. The van der Waals surface area contributed by atoms with Crippen LogP contribution in [0.4, 0.5) is 5.82 Å². The van der Waals surface area contributed by atoms with Crippen LogP contribution in [-0.4, -0.2) is 10.9 Å². The molecule has 1 amide bonds. The molecule has 0 aliphatic rings. The quantitative estimate of drug-likeness (QED) is 0.769. The maximum Gasteiger partial charge on any atom is 0.225 e. The van der Waals surface area contributed by atoms with Gasteiger partial charge in [-0.1, -0.05) is 30.2 Å². The third kappa shape index (κ3) is 5.72. The van der Waals surface area contributed by atoms with E-state index in [1.807, 2.05) is 30.3 Å². The first-order valence-electron chi connectivity index (χ1n) is 7.58. The molecule has 1 heterocycles. The molecule has 0 aliphatic carbocycles. The number of nitrogens with zero attached hydrogens (tertiary/aromatic N) is 2. The van der Waals surface area contributed by atoms with E-state index in [2.05, 4.69) is 10.3 Å². The Balaban J connectivity index is 1.67. The van der Waals surface area contributed by atoms with Gasteiger partial charge in [0.15, 0.2) is 0 Å². The number of aryl methyl sites for hydroxylation is 1. The topological polar surface area (TPSA) is 65.8 Å². The number of rotatable bonds is 7. The molecule has 0 bridgehead atoms. The summed E-state index contributed by atoms with van der Waals surface area (Å²) in [5, 5.41) is 12.4. The molecule has 0 saturated heterocycles. The summed E-state index contributed by atoms with van der Waals surface area (Å²) < 4.78 is 0. The maximum absolute atomic E-state index is 11.9. The van der Waals surface area contributed by atoms with E-state index in [0.717, 1.165) is 30.7 Å². The number of aromatic nitrogens is 1. The predicted octanol–water partition coefficient (Wildman–Crippen LogP) is 4.35. The molecule has 0 unspecified atom stereocenters. The van der Waals surface area contributed by atoms with Crippen molar-refractivity contribution in [1.29, 1.82) is 5.26 Å². The fraction of sp³-hybridized carbons (Fsp3) is 0.278. The van der Waals surface area contributed by atoms with E-state index < -0.39 is 0 Å². The zero-order chi connectivity index (χ0) is 16.5. The first-order valence-corrected chi connectivity index (χ1v) is 7.96. The molecule has 0 atom stereocenters. The largest absolute Gasteiger partial charge is 0.310 e. The van der Waals surface area contributed by atoms with Crippen LogP contribution < -0.4 is 5.32 Å². The predicted molar refractivity (Wildman–Crippen MR) is 91.2 cm³/mol. The fourth-order valence-corrected chi connectivity index (χ4v) is 2.36. The second kappa shape index (κ2) is 8.92. The third-order valence-corrected chi connectivity index (χ3v) is 3.72. The number of halogens is 1. The molecular weight excluding hydrogens is 310 g/mol. The lowest BCUT2D eigenvalue weighted by Crippen LogP contribution is -2.13. The summed E-state index contributed by atoms with van der Waals surface area (Å²) in [7, 11) is 0. The van der Waals surface area contributed by atoms with Crippen LogP contribution in [0.15, 0.2) is 42.6 Å². The Morgan fingerprint density at radius 2 is 1.96 bits per heavy atom. The summed E-state index contributed by atoms with van der Waals surface area (Å²) in [6.07, 6.45) is 5.79. The highest BCUT2D eigenvalue weighted by atomic mass is 35.5. The van der Waals surface area contributed by atoms with Gasteiger partial charge < -0.3 is 5.32 Å². The Labute approximate surface area is 141 Å². The minimum absolute atomic E-state index is 0.105. The molecule has 1 N–H and O–H groups in total. The molecule has 0 saturated carbocycles. The number of amides is 1. The van der Waals surface area contributed by atoms with Crippen LogP contribution in [0.1, 0.15) is 36.8 Å². The average molecular weight is 328 g/mol. The number of nitrogens with one attached hydrogen (secondary N) is 1. The van der Waals surface area contributed by atoms with Crippen LogP contribution in [0, 0.1) is 11.3 Å². The van der Waals surface area contributed by atoms with Crippen molar-refractivity contribution in [2.75, 3.05) is 5.32 Å². The lowest BCUT2D eigenvalue weighted by atomic mass is 10.1. The summed E-state index contributed by atoms with van der Waals surface area (Å²) >= 11 is 5.85. The lowest BCUT2D eigenvalue weighted by molar-refractivity contribution is -0.116. The normalized spacial score (nSPS) is 10.1. The van der Waals surface area contributed by atoms with Gasteiger partial charge in [-0.3, -0.25) is 4.79 Å². The number of unbranched alkanes of at least 4 members (excludes halogenated alkanes) is 2. The van der Waals surface area contributed by atoms with E-state index in [1.165, 1.54) is 5.56 Å². The summed E-state index contributed by atoms with van der Waals surface area (Å²) in [5.41, 5.74) is 1.63. The van der Waals surface area contributed by atoms with Crippen molar-refractivity contribution in [2.24, 2.45) is 0 Å². The van der Waals surface area contributed by atoms with Crippen molar-refractivity contribution in [3.63, 3.8) is 0 Å². The Morgan fingerprint density at radius 1 is 1.17 bits per heavy atom. The van der Waals surface area contributed by atoms with E-state index in [4.69, 9.17) is 16.9 Å². The molecule has 1 aromatic carbocycles. The highest BCUT2D eigenvalue weighted by Crippen LogP contribution is 2.14. The Kier molecular flexibility index (Phi) is 6.58. The van der Waals surface area contributed by atoms with Gasteiger partial charge in [0, 0.05) is 17.6 Å². The molecule has 0 spiro atoms. The van der Waals surface area contributed by atoms with Gasteiger partial charge in [-0.05, 0) is 49.1 Å². The number of carbonyl (C=O) groups is 1. The van der Waals surface area contributed by atoms with Crippen molar-refractivity contribution in [3.8, 4) is 6.07 Å². The van der Waals surface area contributed by atoms with E-state index in [0.29, 0.717) is 17.8 Å². The highest BCUT2D eigenvalue weighted by molar-refractivity contribution is 6.30. The Morgan fingerprint density at radius 3 is 2.70 bits per heavy atom. The van der Waals surface area contributed by atoms with E-state index in [-0.39, 0.29) is 5.91 Å². The number of hydrogen-bond donors (Lipinski definition) is 1. The SMILES string of the molecule is N#Cc1cccnc1NC(=O)CCCCCc1ccc(Cl)cc1. The fourth-order valence-electron chi connectivity index (χ4n) is 2.23. The Bertz CT molecular complexity index is 692. The molecule has 2 aromatic rings. The van der Waals surface area contributed by atoms with Crippen LogP contribution >= 0.6 is 11.6 Å². The van der Waals surface area contributed by atoms with Gasteiger partial charge in [0.25, 0.3) is 0 Å². The average Bonchev–Trinajstić information content (AvgIpc) is 2.57. The monoisotopic (exact) mass is 327 g/mol. The van der Waals surface area contributed by atoms with Gasteiger partial charge in [0.05, 0.1) is 5.56 Å². The van der Waals surface area contributed by atoms with Gasteiger partial charge in [-0.2, -0.15) is 5.26 Å². The molecule has 4 nitrogen and oxygen atoms in total. The minimum atomic E-state index is -0.105. The summed E-state index contributed by atoms with van der Waals surface area (Å²) in [5.74, 6) is 0.229. The van der Waals surface area contributed by atoms with E-state index in [1.54, 1.807) is 18.3 Å². The van der Waals surface area contributed by atoms with Crippen LogP contribution in [-0.2, 0) is 11.2 Å². The number of nitriles is 1. The molecule has 0 radical (unpaired) electrons. The van der Waals surface area contributed by atoms with Crippen LogP contribution in [0.2, 0.25) is 5.02 Å². The smallest absolute Gasteiger partial charge is 0.225 e. The number of benzene rings is 1. The molecule has 0 fully saturated rings. The highest BCUT2D eigenvalue weighted by Gasteiger charge is 2.07. The van der Waals surface area contributed by atoms with Gasteiger partial charge >= 0.3 is 0 Å². The summed E-state index contributed by atoms with van der Waals surface area (Å²) in [6, 6.07) is 13.2. The minimum Gasteiger partial charge on any atom is -0.310 e. The molecule has 118 valence electrons. The van der Waals surface area contributed by atoms with Gasteiger partial charge in [0.1, 0.15) is 11.9 Å². The van der Waals surface area contributed by atoms with Crippen LogP contribution in [0.5, 0.6) is 0 Å². The van der Waals surface area contributed by atoms with E-state index in [9.17, 15) is 4.79 Å². The Hall–Kier alpha value is -2.38. The van der Waals surface area contributed by atoms with E-state index >= 15 is 0 Å². The lowest BCUT2D eigenvalue weighted by Gasteiger charge is -2.06. The zero-order valence-electron chi connectivity index (χ0n) is 12.8.